The number of hydrogen-bond donors (Lipinski definition) is 0. The topological polar surface area (TPSA) is 79.1 Å². The summed E-state index contributed by atoms with van der Waals surface area (Å²) in [7, 11) is 1.55. The number of aromatic nitrogens is 1. The van der Waals surface area contributed by atoms with E-state index in [9.17, 15) is 14.0 Å². The minimum absolute atomic E-state index is 0.0251. The van der Waals surface area contributed by atoms with Gasteiger partial charge in [-0.2, -0.15) is 0 Å². The molecule has 12 heteroatoms. The fourth-order valence-electron chi connectivity index (χ4n) is 5.08. The zero-order valence-electron chi connectivity index (χ0n) is 24.5. The molecule has 0 N–H and O–H groups in total. The molecule has 2 heterocycles. The highest BCUT2D eigenvalue weighted by molar-refractivity contribution is 14.1. The van der Waals surface area contributed by atoms with Crippen molar-refractivity contribution in [1.82, 2.24) is 4.57 Å². The lowest BCUT2D eigenvalue weighted by molar-refractivity contribution is -0.139. The third kappa shape index (κ3) is 7.23. The van der Waals surface area contributed by atoms with E-state index in [0.717, 1.165) is 18.0 Å². The van der Waals surface area contributed by atoms with Crippen molar-refractivity contribution in [2.45, 2.75) is 39.3 Å². The largest absolute Gasteiger partial charge is 0.496 e. The summed E-state index contributed by atoms with van der Waals surface area (Å²) < 4.78 is 36.2. The third-order valence-corrected chi connectivity index (χ3v) is 9.93. The predicted octanol–water partition coefficient (Wildman–Crippen LogP) is 7.28. The highest BCUT2D eigenvalue weighted by Crippen LogP contribution is 2.38. The van der Waals surface area contributed by atoms with Gasteiger partial charge in [0.05, 0.1) is 33.1 Å². The molecular formula is C33H28BrFI2N2O5S. The number of fused-ring (bicyclic) bond motifs is 1. The van der Waals surface area contributed by atoms with Gasteiger partial charge in [-0.15, -0.1) is 0 Å². The van der Waals surface area contributed by atoms with E-state index in [-0.39, 0.29) is 24.6 Å². The number of ether oxygens (including phenoxy) is 3. The maximum Gasteiger partial charge on any atom is 0.338 e. The molecule has 0 saturated carbocycles. The normalized spacial score (nSPS) is 14.6. The van der Waals surface area contributed by atoms with Gasteiger partial charge >= 0.3 is 5.97 Å². The van der Waals surface area contributed by atoms with E-state index in [2.05, 4.69) is 61.1 Å². The lowest BCUT2D eigenvalue weighted by atomic mass is 9.93. The monoisotopic (exact) mass is 916 g/mol. The van der Waals surface area contributed by atoms with Gasteiger partial charge in [-0.25, -0.2) is 14.2 Å². The van der Waals surface area contributed by atoms with Crippen molar-refractivity contribution in [3.05, 3.63) is 120 Å². The first-order chi connectivity index (χ1) is 21.7. The maximum atomic E-state index is 14.4. The van der Waals surface area contributed by atoms with Crippen LogP contribution in [0.5, 0.6) is 11.5 Å². The highest BCUT2D eigenvalue weighted by atomic mass is 127. The number of methoxy groups -OCH3 is 1. The Morgan fingerprint density at radius 1 is 1.16 bits per heavy atom. The van der Waals surface area contributed by atoms with E-state index >= 15 is 0 Å². The molecule has 1 aromatic heterocycles. The quantitative estimate of drug-likeness (QED) is 0.124. The van der Waals surface area contributed by atoms with Gasteiger partial charge in [0, 0.05) is 24.7 Å². The first-order valence-electron chi connectivity index (χ1n) is 14.1. The Labute approximate surface area is 299 Å². The van der Waals surface area contributed by atoms with Crippen LogP contribution in [0.1, 0.15) is 49.4 Å². The molecule has 1 aliphatic rings. The summed E-state index contributed by atoms with van der Waals surface area (Å²) in [6, 6.07) is 15.0. The first-order valence-corrected chi connectivity index (χ1v) is 17.8. The van der Waals surface area contributed by atoms with Crippen molar-refractivity contribution in [2.24, 2.45) is 4.99 Å². The number of allylic oxidation sites excluding steroid dienone is 1. The molecule has 4 aromatic rings. The van der Waals surface area contributed by atoms with E-state index in [1.807, 2.05) is 31.2 Å². The Balaban J connectivity index is 1.73. The fourth-order valence-corrected chi connectivity index (χ4v) is 8.52. The lowest BCUT2D eigenvalue weighted by Gasteiger charge is -2.27. The highest BCUT2D eigenvalue weighted by Gasteiger charge is 2.36. The standard InChI is InChI=1S/C33H28BrFI2N2O5S/c1-4-8-25-28(32(41)43-5-2)29(22-15-20(34)11-12-26(22)42-3)39-31(40)27(45-33(39)38-25)14-19-13-21(36)16-24(37)30(19)44-17-18-9-6-7-10-23(18)35/h6-7,9-16,29H,4-5,8,17H2,1-3H3/b27-14+/t29-/m1/s1. The van der Waals surface area contributed by atoms with E-state index in [1.54, 1.807) is 48.9 Å². The van der Waals surface area contributed by atoms with Gasteiger partial charge < -0.3 is 14.2 Å². The molecule has 0 spiro atoms. The SMILES string of the molecule is CCCC1=C(C(=O)OCC)[C@@H](c2cc(Br)ccc2OC)n2c(s/c(=C/c3cc(I)cc(I)c3OCc3ccccc3F)c2=O)=N1. The van der Waals surface area contributed by atoms with E-state index in [4.69, 9.17) is 19.2 Å². The van der Waals surface area contributed by atoms with E-state index < -0.39 is 12.0 Å². The van der Waals surface area contributed by atoms with Gasteiger partial charge in [-0.1, -0.05) is 58.8 Å². The molecule has 0 radical (unpaired) electrons. The smallest absolute Gasteiger partial charge is 0.338 e. The number of benzene rings is 3. The van der Waals surface area contributed by atoms with E-state index in [1.165, 1.54) is 17.4 Å². The number of carbonyl (C=O) groups is 1. The van der Waals surface area contributed by atoms with E-state index in [0.29, 0.717) is 55.2 Å². The zero-order chi connectivity index (χ0) is 32.2. The van der Waals surface area contributed by atoms with Crippen molar-refractivity contribution in [1.29, 1.82) is 0 Å². The average molecular weight is 917 g/mol. The number of carbonyl (C=O) groups excluding carboxylic acids is 1. The zero-order valence-corrected chi connectivity index (χ0v) is 31.3. The molecular weight excluding hydrogens is 889 g/mol. The summed E-state index contributed by atoms with van der Waals surface area (Å²) in [6.07, 6.45) is 3.03. The lowest BCUT2D eigenvalue weighted by Crippen LogP contribution is -2.40. The summed E-state index contributed by atoms with van der Waals surface area (Å²) in [5.41, 5.74) is 2.29. The number of hydrogen-bond acceptors (Lipinski definition) is 7. The van der Waals surface area contributed by atoms with Gasteiger partial charge in [0.25, 0.3) is 5.56 Å². The molecule has 0 aliphatic carbocycles. The summed E-state index contributed by atoms with van der Waals surface area (Å²) in [5.74, 6) is 0.181. The fraction of sp³-hybridized carbons (Fsp3) is 0.242. The van der Waals surface area contributed by atoms with Gasteiger partial charge in [0.1, 0.15) is 30.0 Å². The predicted molar refractivity (Wildman–Crippen MR) is 193 cm³/mol. The van der Waals surface area contributed by atoms with Gasteiger partial charge in [0.2, 0.25) is 0 Å². The van der Waals surface area contributed by atoms with Crippen molar-refractivity contribution in [3.63, 3.8) is 0 Å². The molecule has 0 bridgehead atoms. The van der Waals surface area contributed by atoms with Crippen LogP contribution < -0.4 is 24.4 Å². The van der Waals surface area contributed by atoms with Crippen molar-refractivity contribution < 1.29 is 23.4 Å². The van der Waals surface area contributed by atoms with Crippen LogP contribution in [0.4, 0.5) is 4.39 Å². The van der Waals surface area contributed by atoms with Crippen molar-refractivity contribution in [3.8, 4) is 11.5 Å². The van der Waals surface area contributed by atoms with Gasteiger partial charge in [-0.3, -0.25) is 9.36 Å². The second kappa shape index (κ2) is 14.9. The van der Waals surface area contributed by atoms with Crippen LogP contribution in [-0.4, -0.2) is 24.3 Å². The van der Waals surface area contributed by atoms with Crippen LogP contribution in [0.25, 0.3) is 6.08 Å². The number of thiazole rings is 1. The van der Waals surface area contributed by atoms with Gasteiger partial charge in [0.15, 0.2) is 4.80 Å². The maximum absolute atomic E-state index is 14.4. The van der Waals surface area contributed by atoms with Crippen molar-refractivity contribution in [2.75, 3.05) is 13.7 Å². The molecule has 1 aliphatic heterocycles. The van der Waals surface area contributed by atoms with Crippen LogP contribution >= 0.6 is 72.4 Å². The Kier molecular flexibility index (Phi) is 11.2. The Hall–Kier alpha value is -2.56. The van der Waals surface area contributed by atoms with Crippen LogP contribution in [0, 0.1) is 13.0 Å². The van der Waals surface area contributed by atoms with Crippen LogP contribution in [0.3, 0.4) is 0 Å². The second-order valence-corrected chi connectivity index (χ2v) is 14.3. The summed E-state index contributed by atoms with van der Waals surface area (Å²) >= 11 is 9.19. The number of esters is 1. The van der Waals surface area contributed by atoms with Crippen LogP contribution in [0.2, 0.25) is 0 Å². The molecule has 5 rings (SSSR count). The number of nitrogens with zero attached hydrogens (tertiary/aromatic N) is 2. The summed E-state index contributed by atoms with van der Waals surface area (Å²) in [5, 5.41) is 0. The van der Waals surface area contributed by atoms with Crippen molar-refractivity contribution >= 4 is 84.5 Å². The minimum Gasteiger partial charge on any atom is -0.496 e. The summed E-state index contributed by atoms with van der Waals surface area (Å²) in [4.78, 5) is 33.2. The molecule has 234 valence electrons. The summed E-state index contributed by atoms with van der Waals surface area (Å²) in [6.45, 7) is 3.96. The first kappa shape index (κ1) is 33.8. The molecule has 0 unspecified atom stereocenters. The molecule has 3 aromatic carbocycles. The Bertz CT molecular complexity index is 1990. The minimum atomic E-state index is -0.829. The van der Waals surface area contributed by atoms with Gasteiger partial charge in [-0.05, 0) is 101 Å². The molecule has 7 nitrogen and oxygen atoms in total. The number of halogens is 4. The van der Waals surface area contributed by atoms with Crippen LogP contribution in [-0.2, 0) is 16.1 Å². The second-order valence-electron chi connectivity index (χ2n) is 9.99. The molecule has 0 fully saturated rings. The Morgan fingerprint density at radius 2 is 1.93 bits per heavy atom. The van der Waals surface area contributed by atoms with Crippen LogP contribution in [0.15, 0.2) is 80.1 Å². The molecule has 45 heavy (non-hydrogen) atoms. The third-order valence-electron chi connectivity index (χ3n) is 7.03. The average Bonchev–Trinajstić information content (AvgIpc) is 3.31. The Morgan fingerprint density at radius 3 is 2.64 bits per heavy atom. The molecule has 0 saturated heterocycles. The molecule has 1 atom stereocenters. The molecule has 0 amide bonds. The number of rotatable bonds is 10.